The lowest BCUT2D eigenvalue weighted by Crippen LogP contribution is -2.16. The molecule has 0 aliphatic heterocycles. The lowest BCUT2D eigenvalue weighted by Gasteiger charge is -2.21. The van der Waals surface area contributed by atoms with E-state index < -0.39 is 0 Å². The number of hydrogen-bond acceptors (Lipinski definition) is 4. The van der Waals surface area contributed by atoms with E-state index in [4.69, 9.17) is 19.7 Å². The quantitative estimate of drug-likeness (QED) is 0.422. The van der Waals surface area contributed by atoms with Crippen molar-refractivity contribution < 1.29 is 19.7 Å². The maximum Gasteiger partial charge on any atom is 0.0487 e. The highest BCUT2D eigenvalue weighted by molar-refractivity contribution is 4.67. The van der Waals surface area contributed by atoms with Crippen LogP contribution in [0.25, 0.3) is 0 Å². The predicted molar refractivity (Wildman–Crippen MR) is 95.7 cm³/mol. The minimum atomic E-state index is 0.0419. The molecule has 0 aromatic carbocycles. The van der Waals surface area contributed by atoms with Crippen LogP contribution in [-0.4, -0.2) is 49.9 Å². The molecule has 23 heavy (non-hydrogen) atoms. The first kappa shape index (κ1) is 22.8. The molecule has 0 amide bonds. The fourth-order valence-electron chi connectivity index (χ4n) is 2.24. The van der Waals surface area contributed by atoms with E-state index in [2.05, 4.69) is 27.7 Å². The summed E-state index contributed by atoms with van der Waals surface area (Å²) in [5.74, 6) is 0. The van der Waals surface area contributed by atoms with Crippen LogP contribution in [0.5, 0.6) is 0 Å². The van der Waals surface area contributed by atoms with Gasteiger partial charge in [0.15, 0.2) is 0 Å². The Kier molecular flexibility index (Phi) is 13.1. The summed E-state index contributed by atoms with van der Waals surface area (Å²) in [6, 6.07) is 0. The van der Waals surface area contributed by atoms with Crippen LogP contribution in [0.4, 0.5) is 0 Å². The Bertz CT molecular complexity index is 238. The summed E-state index contributed by atoms with van der Waals surface area (Å²) >= 11 is 0. The molecule has 0 atom stereocenters. The third-order valence-corrected chi connectivity index (χ3v) is 4.22. The SMILES string of the molecule is CC(C)(CO)CCCCOCCCOCCCCC(C)(C)CO. The summed E-state index contributed by atoms with van der Waals surface area (Å²) in [7, 11) is 0. The van der Waals surface area contributed by atoms with Gasteiger partial charge in [-0.15, -0.1) is 0 Å². The highest BCUT2D eigenvalue weighted by Crippen LogP contribution is 2.22. The van der Waals surface area contributed by atoms with Crippen molar-refractivity contribution in [3.05, 3.63) is 0 Å². The molecule has 4 nitrogen and oxygen atoms in total. The van der Waals surface area contributed by atoms with E-state index in [1.807, 2.05) is 0 Å². The van der Waals surface area contributed by atoms with Gasteiger partial charge in [-0.2, -0.15) is 0 Å². The van der Waals surface area contributed by atoms with E-state index in [9.17, 15) is 0 Å². The van der Waals surface area contributed by atoms with Crippen molar-refractivity contribution in [2.24, 2.45) is 10.8 Å². The molecule has 0 spiro atoms. The van der Waals surface area contributed by atoms with E-state index in [0.29, 0.717) is 0 Å². The monoisotopic (exact) mass is 332 g/mol. The van der Waals surface area contributed by atoms with Crippen molar-refractivity contribution in [2.45, 2.75) is 72.6 Å². The highest BCUT2D eigenvalue weighted by Gasteiger charge is 2.15. The van der Waals surface area contributed by atoms with Gasteiger partial charge in [0.05, 0.1) is 0 Å². The average molecular weight is 333 g/mol. The molecule has 0 aliphatic carbocycles. The van der Waals surface area contributed by atoms with Crippen molar-refractivity contribution in [1.29, 1.82) is 0 Å². The van der Waals surface area contributed by atoms with E-state index in [1.54, 1.807) is 0 Å². The van der Waals surface area contributed by atoms with Crippen molar-refractivity contribution >= 4 is 0 Å². The molecule has 140 valence electrons. The molecule has 0 rings (SSSR count). The van der Waals surface area contributed by atoms with Crippen LogP contribution >= 0.6 is 0 Å². The lowest BCUT2D eigenvalue weighted by molar-refractivity contribution is 0.0752. The fourth-order valence-corrected chi connectivity index (χ4v) is 2.24. The number of aliphatic hydroxyl groups is 2. The molecule has 0 bridgehead atoms. The highest BCUT2D eigenvalue weighted by atomic mass is 16.5. The van der Waals surface area contributed by atoms with Crippen molar-refractivity contribution in [3.63, 3.8) is 0 Å². The van der Waals surface area contributed by atoms with Crippen LogP contribution in [0.2, 0.25) is 0 Å². The zero-order valence-electron chi connectivity index (χ0n) is 15.9. The van der Waals surface area contributed by atoms with Crippen LogP contribution < -0.4 is 0 Å². The molecule has 0 saturated carbocycles. The van der Waals surface area contributed by atoms with Gasteiger partial charge in [0.2, 0.25) is 0 Å². The van der Waals surface area contributed by atoms with E-state index in [1.165, 1.54) is 0 Å². The molecule has 0 saturated heterocycles. The zero-order valence-corrected chi connectivity index (χ0v) is 15.9. The summed E-state index contributed by atoms with van der Waals surface area (Å²) in [5, 5.41) is 18.3. The van der Waals surface area contributed by atoms with Gasteiger partial charge < -0.3 is 19.7 Å². The van der Waals surface area contributed by atoms with E-state index in [0.717, 1.165) is 71.4 Å². The van der Waals surface area contributed by atoms with Crippen LogP contribution in [0.3, 0.4) is 0 Å². The molecule has 0 heterocycles. The third kappa shape index (κ3) is 15.1. The first-order chi connectivity index (χ1) is 10.8. The molecular weight excluding hydrogens is 292 g/mol. The molecule has 0 fully saturated rings. The fraction of sp³-hybridized carbons (Fsp3) is 1.00. The first-order valence-corrected chi connectivity index (χ1v) is 9.20. The number of ether oxygens (including phenoxy) is 2. The summed E-state index contributed by atoms with van der Waals surface area (Å²) in [6.45, 7) is 12.0. The Morgan fingerprint density at radius 3 is 1.26 bits per heavy atom. The Labute approximate surface area is 143 Å². The smallest absolute Gasteiger partial charge is 0.0487 e. The van der Waals surface area contributed by atoms with E-state index >= 15 is 0 Å². The van der Waals surface area contributed by atoms with E-state index in [-0.39, 0.29) is 24.0 Å². The Hall–Kier alpha value is -0.160. The lowest BCUT2D eigenvalue weighted by atomic mass is 9.88. The third-order valence-electron chi connectivity index (χ3n) is 4.22. The Balaban J connectivity index is 3.20. The maximum absolute atomic E-state index is 9.17. The van der Waals surface area contributed by atoms with Crippen molar-refractivity contribution in [1.82, 2.24) is 0 Å². The van der Waals surface area contributed by atoms with Crippen LogP contribution in [0, 0.1) is 10.8 Å². The summed E-state index contributed by atoms with van der Waals surface area (Å²) in [4.78, 5) is 0. The second kappa shape index (κ2) is 13.2. The summed E-state index contributed by atoms with van der Waals surface area (Å²) < 4.78 is 11.2. The van der Waals surface area contributed by atoms with Crippen molar-refractivity contribution in [2.75, 3.05) is 39.6 Å². The summed E-state index contributed by atoms with van der Waals surface area (Å²) in [6.07, 6.45) is 7.37. The first-order valence-electron chi connectivity index (χ1n) is 9.20. The maximum atomic E-state index is 9.17. The van der Waals surface area contributed by atoms with Gasteiger partial charge in [0, 0.05) is 39.6 Å². The average Bonchev–Trinajstić information content (AvgIpc) is 2.51. The molecular formula is C19H40O4. The largest absolute Gasteiger partial charge is 0.396 e. The standard InChI is InChI=1S/C19H40O4/c1-18(2,16-20)10-5-7-12-22-14-9-15-23-13-8-6-11-19(3,4)17-21/h20-21H,5-17H2,1-4H3. The number of aliphatic hydroxyl groups excluding tert-OH is 2. The minimum absolute atomic E-state index is 0.0419. The normalized spacial score (nSPS) is 12.8. The van der Waals surface area contributed by atoms with Gasteiger partial charge in [-0.25, -0.2) is 0 Å². The number of unbranched alkanes of at least 4 members (excludes halogenated alkanes) is 2. The molecule has 0 aliphatic rings. The van der Waals surface area contributed by atoms with Gasteiger partial charge in [0.1, 0.15) is 0 Å². The number of rotatable bonds is 16. The predicted octanol–water partition coefficient (Wildman–Crippen LogP) is 3.79. The Morgan fingerprint density at radius 2 is 0.913 bits per heavy atom. The molecule has 4 heteroatoms. The second-order valence-corrected chi connectivity index (χ2v) is 8.14. The van der Waals surface area contributed by atoms with Gasteiger partial charge in [-0.1, -0.05) is 40.5 Å². The molecule has 2 N–H and O–H groups in total. The molecule has 0 unspecified atom stereocenters. The number of hydrogen-bond donors (Lipinski definition) is 2. The molecule has 0 aromatic heterocycles. The van der Waals surface area contributed by atoms with Crippen LogP contribution in [-0.2, 0) is 9.47 Å². The van der Waals surface area contributed by atoms with Crippen LogP contribution in [0.15, 0.2) is 0 Å². The zero-order chi connectivity index (χ0) is 17.6. The van der Waals surface area contributed by atoms with Gasteiger partial charge >= 0.3 is 0 Å². The van der Waals surface area contributed by atoms with Gasteiger partial charge in [-0.3, -0.25) is 0 Å². The topological polar surface area (TPSA) is 58.9 Å². The summed E-state index contributed by atoms with van der Waals surface area (Å²) in [5.41, 5.74) is 0.0838. The molecule has 0 radical (unpaired) electrons. The van der Waals surface area contributed by atoms with Gasteiger partial charge in [-0.05, 0) is 42.9 Å². The second-order valence-electron chi connectivity index (χ2n) is 8.14. The van der Waals surface area contributed by atoms with Crippen LogP contribution in [0.1, 0.15) is 72.6 Å². The molecule has 0 aromatic rings. The minimum Gasteiger partial charge on any atom is -0.396 e. The van der Waals surface area contributed by atoms with Gasteiger partial charge in [0.25, 0.3) is 0 Å². The Morgan fingerprint density at radius 1 is 0.565 bits per heavy atom. The van der Waals surface area contributed by atoms with Crippen molar-refractivity contribution in [3.8, 4) is 0 Å².